The number of imidazole rings is 1. The van der Waals surface area contributed by atoms with Crippen molar-refractivity contribution >= 4 is 11.9 Å². The molecular weight excluding hydrogens is 220 g/mol. The molecule has 0 atom stereocenters. The van der Waals surface area contributed by atoms with Crippen molar-refractivity contribution in [1.29, 1.82) is 0 Å². The number of urea groups is 1. The van der Waals surface area contributed by atoms with Gasteiger partial charge in [0, 0.05) is 12.2 Å². The first-order valence-corrected chi connectivity index (χ1v) is 5.78. The lowest BCUT2D eigenvalue weighted by Crippen LogP contribution is -2.41. The first-order chi connectivity index (χ1) is 8.17. The second kappa shape index (κ2) is 4.99. The minimum atomic E-state index is -0.409. The van der Waals surface area contributed by atoms with Gasteiger partial charge in [-0.2, -0.15) is 0 Å². The molecule has 1 aromatic heterocycles. The fourth-order valence-electron chi connectivity index (χ4n) is 1.46. The molecule has 1 aliphatic carbocycles. The van der Waals surface area contributed by atoms with E-state index in [1.807, 2.05) is 6.92 Å². The van der Waals surface area contributed by atoms with Crippen LogP contribution in [0.5, 0.6) is 0 Å². The zero-order chi connectivity index (χ0) is 12.3. The van der Waals surface area contributed by atoms with Crippen LogP contribution in [0.25, 0.3) is 0 Å². The van der Waals surface area contributed by atoms with Crippen LogP contribution in [0, 0.1) is 0 Å². The molecule has 0 spiro atoms. The summed E-state index contributed by atoms with van der Waals surface area (Å²) in [4.78, 5) is 26.9. The van der Waals surface area contributed by atoms with E-state index in [1.54, 1.807) is 17.1 Å². The van der Waals surface area contributed by atoms with Gasteiger partial charge in [-0.05, 0) is 19.3 Å². The highest BCUT2D eigenvalue weighted by Gasteiger charge is 2.23. The highest BCUT2D eigenvalue weighted by molar-refractivity contribution is 5.94. The maximum Gasteiger partial charge on any atom is 0.321 e. The first-order valence-electron chi connectivity index (χ1n) is 5.78. The highest BCUT2D eigenvalue weighted by Crippen LogP contribution is 2.18. The molecule has 0 bridgehead atoms. The Morgan fingerprint density at radius 2 is 2.29 bits per heavy atom. The van der Waals surface area contributed by atoms with Gasteiger partial charge in [0.25, 0.3) is 0 Å². The van der Waals surface area contributed by atoms with Gasteiger partial charge in [0.15, 0.2) is 0 Å². The van der Waals surface area contributed by atoms with Crippen LogP contribution in [-0.2, 0) is 17.8 Å². The third kappa shape index (κ3) is 3.58. The van der Waals surface area contributed by atoms with Gasteiger partial charge in [0.05, 0.1) is 12.0 Å². The average Bonchev–Trinajstić information content (AvgIpc) is 2.95. The van der Waals surface area contributed by atoms with Crippen LogP contribution in [0.2, 0.25) is 0 Å². The summed E-state index contributed by atoms with van der Waals surface area (Å²) in [5.74, 6) is -0.330. The van der Waals surface area contributed by atoms with E-state index in [1.165, 1.54) is 0 Å². The Morgan fingerprint density at radius 1 is 1.53 bits per heavy atom. The number of aromatic nitrogens is 2. The molecule has 1 fully saturated rings. The third-order valence-electron chi connectivity index (χ3n) is 2.54. The summed E-state index contributed by atoms with van der Waals surface area (Å²) in [6.07, 6.45) is 6.23. The third-order valence-corrected chi connectivity index (χ3v) is 2.54. The Bertz CT molecular complexity index is 423. The number of hydrogen-bond donors (Lipinski definition) is 2. The normalized spacial score (nSPS) is 14.4. The Balaban J connectivity index is 1.77. The molecule has 0 unspecified atom stereocenters. The number of aryl methyl sites for hydroxylation is 1. The maximum atomic E-state index is 11.5. The molecule has 92 valence electrons. The van der Waals surface area contributed by atoms with E-state index >= 15 is 0 Å². The van der Waals surface area contributed by atoms with Crippen molar-refractivity contribution in [2.75, 3.05) is 0 Å². The van der Waals surface area contributed by atoms with E-state index in [9.17, 15) is 9.59 Å². The summed E-state index contributed by atoms with van der Waals surface area (Å²) in [5.41, 5.74) is 0.931. The number of carbonyl (C=O) groups is 2. The lowest BCUT2D eigenvalue weighted by Gasteiger charge is -2.05. The van der Waals surface area contributed by atoms with Crippen molar-refractivity contribution in [1.82, 2.24) is 20.2 Å². The topological polar surface area (TPSA) is 76.0 Å². The van der Waals surface area contributed by atoms with E-state index in [-0.39, 0.29) is 18.5 Å². The number of hydrogen-bond acceptors (Lipinski definition) is 3. The molecule has 2 N–H and O–H groups in total. The van der Waals surface area contributed by atoms with Crippen molar-refractivity contribution in [3.05, 3.63) is 18.2 Å². The smallest absolute Gasteiger partial charge is 0.321 e. The maximum absolute atomic E-state index is 11.5. The fourth-order valence-corrected chi connectivity index (χ4v) is 1.46. The Labute approximate surface area is 99.4 Å². The van der Waals surface area contributed by atoms with E-state index < -0.39 is 6.03 Å². The molecule has 2 rings (SSSR count). The van der Waals surface area contributed by atoms with Gasteiger partial charge in [-0.25, -0.2) is 9.78 Å². The lowest BCUT2D eigenvalue weighted by molar-refractivity contribution is -0.120. The standard InChI is InChI=1S/C11H16N4O2/c1-2-8-5-15(7-12-8)6-10(16)14-11(17)13-9-3-4-9/h5,7,9H,2-4,6H2,1H3,(H2,13,14,16,17). The number of imide groups is 1. The Morgan fingerprint density at radius 3 is 2.88 bits per heavy atom. The molecule has 3 amide bonds. The van der Waals surface area contributed by atoms with Crippen LogP contribution in [-0.4, -0.2) is 27.5 Å². The predicted octanol–water partition coefficient (Wildman–Crippen LogP) is 0.434. The average molecular weight is 236 g/mol. The molecule has 17 heavy (non-hydrogen) atoms. The molecule has 1 aliphatic rings. The molecule has 1 saturated carbocycles. The molecule has 6 heteroatoms. The molecule has 0 aliphatic heterocycles. The minimum absolute atomic E-state index is 0.116. The van der Waals surface area contributed by atoms with Gasteiger partial charge in [-0.15, -0.1) is 0 Å². The van der Waals surface area contributed by atoms with Gasteiger partial charge in [0.1, 0.15) is 6.54 Å². The van der Waals surface area contributed by atoms with Gasteiger partial charge in [-0.3, -0.25) is 10.1 Å². The van der Waals surface area contributed by atoms with Crippen LogP contribution in [0.15, 0.2) is 12.5 Å². The van der Waals surface area contributed by atoms with E-state index in [0.29, 0.717) is 0 Å². The minimum Gasteiger partial charge on any atom is -0.335 e. The van der Waals surface area contributed by atoms with E-state index in [2.05, 4.69) is 15.6 Å². The molecule has 0 aromatic carbocycles. The highest BCUT2D eigenvalue weighted by atomic mass is 16.2. The van der Waals surface area contributed by atoms with Gasteiger partial charge in [-0.1, -0.05) is 6.92 Å². The lowest BCUT2D eigenvalue weighted by atomic mass is 10.4. The Kier molecular flexibility index (Phi) is 3.41. The molecule has 0 saturated heterocycles. The van der Waals surface area contributed by atoms with Crippen LogP contribution in [0.4, 0.5) is 4.79 Å². The molecule has 0 radical (unpaired) electrons. The van der Waals surface area contributed by atoms with Gasteiger partial charge >= 0.3 is 6.03 Å². The van der Waals surface area contributed by atoms with Crippen molar-refractivity contribution in [2.24, 2.45) is 0 Å². The van der Waals surface area contributed by atoms with E-state index in [0.717, 1.165) is 25.0 Å². The largest absolute Gasteiger partial charge is 0.335 e. The van der Waals surface area contributed by atoms with Crippen LogP contribution >= 0.6 is 0 Å². The number of nitrogens with one attached hydrogen (secondary N) is 2. The van der Waals surface area contributed by atoms with Crippen LogP contribution in [0.3, 0.4) is 0 Å². The summed E-state index contributed by atoms with van der Waals surface area (Å²) in [6.45, 7) is 2.11. The molecule has 1 aromatic rings. The zero-order valence-corrected chi connectivity index (χ0v) is 9.77. The number of nitrogens with zero attached hydrogens (tertiary/aromatic N) is 2. The summed E-state index contributed by atoms with van der Waals surface area (Å²) in [6, 6.07) is -0.156. The van der Waals surface area contributed by atoms with Crippen molar-refractivity contribution < 1.29 is 9.59 Å². The summed E-state index contributed by atoms with van der Waals surface area (Å²) >= 11 is 0. The van der Waals surface area contributed by atoms with Crippen LogP contribution in [0.1, 0.15) is 25.5 Å². The monoisotopic (exact) mass is 236 g/mol. The van der Waals surface area contributed by atoms with Crippen molar-refractivity contribution in [3.8, 4) is 0 Å². The second-order valence-electron chi connectivity index (χ2n) is 4.19. The second-order valence-corrected chi connectivity index (χ2v) is 4.19. The Hall–Kier alpha value is -1.85. The van der Waals surface area contributed by atoms with Crippen molar-refractivity contribution in [3.63, 3.8) is 0 Å². The first kappa shape index (κ1) is 11.6. The number of rotatable bonds is 4. The zero-order valence-electron chi connectivity index (χ0n) is 9.77. The SMILES string of the molecule is CCc1cn(CC(=O)NC(=O)NC2CC2)cn1. The summed E-state index contributed by atoms with van der Waals surface area (Å²) in [7, 11) is 0. The molecule has 1 heterocycles. The fraction of sp³-hybridized carbons (Fsp3) is 0.545. The number of carbonyl (C=O) groups excluding carboxylic acids is 2. The quantitative estimate of drug-likeness (QED) is 0.796. The van der Waals surface area contributed by atoms with Gasteiger partial charge < -0.3 is 9.88 Å². The summed E-state index contributed by atoms with van der Waals surface area (Å²) < 4.78 is 1.67. The van der Waals surface area contributed by atoms with E-state index in [4.69, 9.17) is 0 Å². The molecular formula is C11H16N4O2. The van der Waals surface area contributed by atoms with Crippen LogP contribution < -0.4 is 10.6 Å². The predicted molar refractivity (Wildman–Crippen MR) is 61.3 cm³/mol. The van der Waals surface area contributed by atoms with Crippen molar-refractivity contribution in [2.45, 2.75) is 38.8 Å². The van der Waals surface area contributed by atoms with Gasteiger partial charge in [0.2, 0.25) is 5.91 Å². The number of amides is 3. The summed E-state index contributed by atoms with van der Waals surface area (Å²) in [5, 5.41) is 4.98. The molecule has 6 nitrogen and oxygen atoms in total.